The Labute approximate surface area is 167 Å². The number of nitro groups is 1. The number of aromatic nitrogens is 2. The lowest BCUT2D eigenvalue weighted by Crippen LogP contribution is -2.35. The highest BCUT2D eigenvalue weighted by molar-refractivity contribution is 5.69. The van der Waals surface area contributed by atoms with E-state index in [0.29, 0.717) is 42.2 Å². The van der Waals surface area contributed by atoms with Crippen LogP contribution in [0.5, 0.6) is 0 Å². The number of benzene rings is 1. The van der Waals surface area contributed by atoms with E-state index in [1.165, 1.54) is 6.07 Å². The SMILES string of the molecule is CCCc1nc2c(c(=O)[nH]1)CN(Cc1ccc(-c3ccccc3[N+](=O)[O-])o1)CC2. The molecule has 150 valence electrons. The number of aromatic amines is 1. The highest BCUT2D eigenvalue weighted by Gasteiger charge is 2.23. The van der Waals surface area contributed by atoms with Gasteiger partial charge in [0, 0.05) is 32.0 Å². The van der Waals surface area contributed by atoms with Gasteiger partial charge in [-0.25, -0.2) is 4.98 Å². The fourth-order valence-corrected chi connectivity index (χ4v) is 3.69. The van der Waals surface area contributed by atoms with Gasteiger partial charge < -0.3 is 9.40 Å². The van der Waals surface area contributed by atoms with E-state index in [-0.39, 0.29) is 11.2 Å². The average molecular weight is 394 g/mol. The molecule has 1 aliphatic heterocycles. The van der Waals surface area contributed by atoms with Gasteiger partial charge in [-0.05, 0) is 24.6 Å². The monoisotopic (exact) mass is 394 g/mol. The van der Waals surface area contributed by atoms with Crippen molar-refractivity contribution in [2.45, 2.75) is 39.3 Å². The first kappa shape index (κ1) is 19.1. The number of H-pyrrole nitrogens is 1. The zero-order chi connectivity index (χ0) is 20.4. The molecule has 0 saturated heterocycles. The average Bonchev–Trinajstić information content (AvgIpc) is 3.17. The zero-order valence-electron chi connectivity index (χ0n) is 16.2. The van der Waals surface area contributed by atoms with E-state index in [1.807, 2.05) is 6.07 Å². The Morgan fingerprint density at radius 1 is 1.28 bits per heavy atom. The van der Waals surface area contributed by atoms with Gasteiger partial charge in [0.15, 0.2) is 0 Å². The number of hydrogen-bond donors (Lipinski definition) is 1. The van der Waals surface area contributed by atoms with Crippen LogP contribution in [0.3, 0.4) is 0 Å². The van der Waals surface area contributed by atoms with E-state index in [2.05, 4.69) is 21.8 Å². The highest BCUT2D eigenvalue weighted by Crippen LogP contribution is 2.31. The van der Waals surface area contributed by atoms with Gasteiger partial charge in [0.25, 0.3) is 11.2 Å². The van der Waals surface area contributed by atoms with E-state index < -0.39 is 4.92 Å². The van der Waals surface area contributed by atoms with Crippen molar-refractivity contribution in [1.82, 2.24) is 14.9 Å². The van der Waals surface area contributed by atoms with Crippen molar-refractivity contribution in [2.75, 3.05) is 6.54 Å². The van der Waals surface area contributed by atoms with Crippen LogP contribution in [0.15, 0.2) is 45.6 Å². The van der Waals surface area contributed by atoms with Crippen LogP contribution in [0.4, 0.5) is 5.69 Å². The van der Waals surface area contributed by atoms with E-state index in [4.69, 9.17) is 4.42 Å². The predicted octanol–water partition coefficient (Wildman–Crippen LogP) is 3.45. The maximum Gasteiger partial charge on any atom is 0.280 e. The molecule has 0 atom stereocenters. The van der Waals surface area contributed by atoms with Gasteiger partial charge in [0.1, 0.15) is 17.3 Å². The molecule has 4 rings (SSSR count). The Morgan fingerprint density at radius 2 is 2.10 bits per heavy atom. The van der Waals surface area contributed by atoms with Crippen molar-refractivity contribution in [2.24, 2.45) is 0 Å². The first-order valence-corrected chi connectivity index (χ1v) is 9.71. The Morgan fingerprint density at radius 3 is 2.90 bits per heavy atom. The molecular weight excluding hydrogens is 372 g/mol. The number of aryl methyl sites for hydroxylation is 1. The first-order chi connectivity index (χ1) is 14.0. The molecule has 29 heavy (non-hydrogen) atoms. The fourth-order valence-electron chi connectivity index (χ4n) is 3.69. The summed E-state index contributed by atoms with van der Waals surface area (Å²) in [5.74, 6) is 1.92. The lowest BCUT2D eigenvalue weighted by Gasteiger charge is -2.26. The molecule has 1 aromatic carbocycles. The summed E-state index contributed by atoms with van der Waals surface area (Å²) < 4.78 is 5.88. The number of para-hydroxylation sites is 1. The molecule has 0 bridgehead atoms. The lowest BCUT2D eigenvalue weighted by molar-refractivity contribution is -0.384. The third-order valence-corrected chi connectivity index (χ3v) is 5.09. The van der Waals surface area contributed by atoms with Gasteiger partial charge >= 0.3 is 0 Å². The van der Waals surface area contributed by atoms with Gasteiger partial charge in [0.2, 0.25) is 0 Å². The summed E-state index contributed by atoms with van der Waals surface area (Å²) in [4.78, 5) is 32.9. The summed E-state index contributed by atoms with van der Waals surface area (Å²) in [6.07, 6.45) is 2.43. The third-order valence-electron chi connectivity index (χ3n) is 5.09. The first-order valence-electron chi connectivity index (χ1n) is 9.71. The minimum absolute atomic E-state index is 0.0146. The van der Waals surface area contributed by atoms with Crippen LogP contribution in [0, 0.1) is 10.1 Å². The zero-order valence-corrected chi connectivity index (χ0v) is 16.2. The number of rotatable bonds is 6. The van der Waals surface area contributed by atoms with Gasteiger partial charge in [0.05, 0.1) is 28.3 Å². The summed E-state index contributed by atoms with van der Waals surface area (Å²) in [6, 6.07) is 10.1. The van der Waals surface area contributed by atoms with Crippen LogP contribution in [-0.4, -0.2) is 26.3 Å². The summed E-state index contributed by atoms with van der Waals surface area (Å²) in [5.41, 5.74) is 2.00. The molecule has 2 aromatic heterocycles. The van der Waals surface area contributed by atoms with Crippen LogP contribution >= 0.6 is 0 Å². The van der Waals surface area contributed by atoms with Crippen LogP contribution in [-0.2, 0) is 25.9 Å². The van der Waals surface area contributed by atoms with Crippen molar-refractivity contribution >= 4 is 5.69 Å². The summed E-state index contributed by atoms with van der Waals surface area (Å²) >= 11 is 0. The number of nitrogens with zero attached hydrogens (tertiary/aromatic N) is 3. The minimum atomic E-state index is -0.412. The molecule has 3 aromatic rings. The molecule has 0 aliphatic carbocycles. The molecule has 0 radical (unpaired) electrons. The minimum Gasteiger partial charge on any atom is -0.459 e. The van der Waals surface area contributed by atoms with E-state index >= 15 is 0 Å². The molecule has 0 spiro atoms. The summed E-state index contributed by atoms with van der Waals surface area (Å²) in [5, 5.41) is 11.2. The van der Waals surface area contributed by atoms with Gasteiger partial charge in [-0.3, -0.25) is 19.8 Å². The number of nitro benzene ring substituents is 1. The Bertz CT molecular complexity index is 1100. The van der Waals surface area contributed by atoms with E-state index in [0.717, 1.165) is 30.9 Å². The standard InChI is InChI=1S/C21H22N4O4/c1-2-5-20-22-17-10-11-24(13-16(17)21(26)23-20)12-14-8-9-19(29-14)15-6-3-4-7-18(15)25(27)28/h3-4,6-9H,2,5,10-13H2,1H3,(H,22,23,26). The smallest absolute Gasteiger partial charge is 0.280 e. The number of nitrogens with one attached hydrogen (secondary N) is 1. The second kappa shape index (κ2) is 8.00. The van der Waals surface area contributed by atoms with Gasteiger partial charge in [-0.2, -0.15) is 0 Å². The highest BCUT2D eigenvalue weighted by atomic mass is 16.6. The lowest BCUT2D eigenvalue weighted by atomic mass is 10.1. The molecular formula is C21H22N4O4. The number of fused-ring (bicyclic) bond motifs is 1. The Hall–Kier alpha value is -3.26. The Balaban J connectivity index is 1.51. The molecule has 8 heteroatoms. The molecule has 1 aliphatic rings. The molecule has 0 amide bonds. The van der Waals surface area contributed by atoms with E-state index in [9.17, 15) is 14.9 Å². The maximum absolute atomic E-state index is 12.4. The van der Waals surface area contributed by atoms with Crippen LogP contribution in [0.1, 0.15) is 36.2 Å². The second-order valence-corrected chi connectivity index (χ2v) is 7.19. The van der Waals surface area contributed by atoms with Crippen LogP contribution in [0.25, 0.3) is 11.3 Å². The quantitative estimate of drug-likeness (QED) is 0.507. The van der Waals surface area contributed by atoms with Crippen LogP contribution in [0.2, 0.25) is 0 Å². The topological polar surface area (TPSA) is 105 Å². The summed E-state index contributed by atoms with van der Waals surface area (Å²) in [6.45, 7) is 3.86. The molecule has 1 N–H and O–H groups in total. The predicted molar refractivity (Wildman–Crippen MR) is 107 cm³/mol. The van der Waals surface area contributed by atoms with Crippen molar-refractivity contribution in [3.63, 3.8) is 0 Å². The molecule has 0 fully saturated rings. The Kier molecular flexibility index (Phi) is 5.26. The summed E-state index contributed by atoms with van der Waals surface area (Å²) in [7, 11) is 0. The second-order valence-electron chi connectivity index (χ2n) is 7.19. The molecule has 3 heterocycles. The van der Waals surface area contributed by atoms with Crippen LogP contribution < -0.4 is 5.56 Å². The molecule has 0 saturated carbocycles. The molecule has 0 unspecified atom stereocenters. The van der Waals surface area contributed by atoms with Crippen molar-refractivity contribution < 1.29 is 9.34 Å². The maximum atomic E-state index is 12.4. The van der Waals surface area contributed by atoms with Crippen molar-refractivity contribution in [3.8, 4) is 11.3 Å². The van der Waals surface area contributed by atoms with Gasteiger partial charge in [-0.1, -0.05) is 19.1 Å². The fraction of sp³-hybridized carbons (Fsp3) is 0.333. The largest absolute Gasteiger partial charge is 0.459 e. The number of furan rings is 1. The third kappa shape index (κ3) is 3.97. The molecule has 8 nitrogen and oxygen atoms in total. The van der Waals surface area contributed by atoms with Crippen molar-refractivity contribution in [3.05, 3.63) is 79.7 Å². The van der Waals surface area contributed by atoms with Gasteiger partial charge in [-0.15, -0.1) is 0 Å². The normalized spacial score (nSPS) is 14.0. The number of hydrogen-bond acceptors (Lipinski definition) is 6. The van der Waals surface area contributed by atoms with E-state index in [1.54, 1.807) is 24.3 Å². The van der Waals surface area contributed by atoms with Crippen molar-refractivity contribution in [1.29, 1.82) is 0 Å².